The van der Waals surface area contributed by atoms with Crippen molar-refractivity contribution < 1.29 is 19.1 Å². The highest BCUT2D eigenvalue weighted by atomic mass is 16.5. The molecule has 1 heterocycles. The first-order valence-electron chi connectivity index (χ1n) is 9.69. The molecule has 154 valence electrons. The Balaban J connectivity index is 1.46. The van der Waals surface area contributed by atoms with Crippen LogP contribution in [0.25, 0.3) is 0 Å². The molecule has 7 nitrogen and oxygen atoms in total. The molecule has 1 fully saturated rings. The lowest BCUT2D eigenvalue weighted by molar-refractivity contribution is -0.116. The number of nitrogens with zero attached hydrogens (tertiary/aromatic N) is 2. The van der Waals surface area contributed by atoms with Crippen LogP contribution in [0.1, 0.15) is 16.8 Å². The minimum absolute atomic E-state index is 0.0702. The Kier molecular flexibility index (Phi) is 7.08. The lowest BCUT2D eigenvalue weighted by Crippen LogP contribution is -2.47. The number of rotatable bonds is 7. The SMILES string of the molecule is COC(=O)c1cccc(NC(=O)CCN2CCN(c3ccccc3OC)CC2)c1. The number of hydrogen-bond acceptors (Lipinski definition) is 6. The average Bonchev–Trinajstić information content (AvgIpc) is 2.77. The van der Waals surface area contributed by atoms with Gasteiger partial charge in [-0.15, -0.1) is 0 Å². The van der Waals surface area contributed by atoms with Gasteiger partial charge in [0.1, 0.15) is 5.75 Å². The Labute approximate surface area is 171 Å². The maximum atomic E-state index is 12.3. The maximum Gasteiger partial charge on any atom is 0.337 e. The number of nitrogens with one attached hydrogen (secondary N) is 1. The molecule has 7 heteroatoms. The second-order valence-corrected chi connectivity index (χ2v) is 6.87. The molecular formula is C22H27N3O4. The van der Waals surface area contributed by atoms with Gasteiger partial charge in [0.25, 0.3) is 0 Å². The Bertz CT molecular complexity index is 847. The zero-order chi connectivity index (χ0) is 20.6. The van der Waals surface area contributed by atoms with Gasteiger partial charge in [0.05, 0.1) is 25.5 Å². The molecule has 0 aromatic heterocycles. The first-order valence-corrected chi connectivity index (χ1v) is 9.69. The molecule has 2 aromatic carbocycles. The van der Waals surface area contributed by atoms with Crippen molar-refractivity contribution in [2.45, 2.75) is 6.42 Å². The van der Waals surface area contributed by atoms with Crippen LogP contribution in [-0.2, 0) is 9.53 Å². The molecule has 0 spiro atoms. The summed E-state index contributed by atoms with van der Waals surface area (Å²) in [5.41, 5.74) is 2.12. The van der Waals surface area contributed by atoms with E-state index < -0.39 is 5.97 Å². The van der Waals surface area contributed by atoms with Gasteiger partial charge >= 0.3 is 5.97 Å². The van der Waals surface area contributed by atoms with Crippen molar-refractivity contribution in [3.63, 3.8) is 0 Å². The molecule has 1 aliphatic rings. The van der Waals surface area contributed by atoms with E-state index in [9.17, 15) is 9.59 Å². The molecule has 1 N–H and O–H groups in total. The molecule has 0 atom stereocenters. The molecule has 1 saturated heterocycles. The zero-order valence-electron chi connectivity index (χ0n) is 16.9. The summed E-state index contributed by atoms with van der Waals surface area (Å²) in [6, 6.07) is 14.8. The summed E-state index contributed by atoms with van der Waals surface area (Å²) in [6.07, 6.45) is 0.400. The number of piperazine rings is 1. The number of para-hydroxylation sites is 2. The van der Waals surface area contributed by atoms with Gasteiger partial charge in [0, 0.05) is 44.8 Å². The summed E-state index contributed by atoms with van der Waals surface area (Å²) in [5, 5.41) is 2.85. The molecule has 0 aliphatic carbocycles. The highest BCUT2D eigenvalue weighted by molar-refractivity contribution is 5.94. The summed E-state index contributed by atoms with van der Waals surface area (Å²) in [5.74, 6) is 0.391. The fourth-order valence-electron chi connectivity index (χ4n) is 3.43. The van der Waals surface area contributed by atoms with Gasteiger partial charge in [-0.3, -0.25) is 9.69 Å². The van der Waals surface area contributed by atoms with Crippen molar-refractivity contribution in [1.29, 1.82) is 0 Å². The van der Waals surface area contributed by atoms with Crippen LogP contribution in [-0.4, -0.2) is 63.7 Å². The summed E-state index contributed by atoms with van der Waals surface area (Å²) < 4.78 is 10.2. The lowest BCUT2D eigenvalue weighted by Gasteiger charge is -2.36. The van der Waals surface area contributed by atoms with E-state index in [4.69, 9.17) is 9.47 Å². The second-order valence-electron chi connectivity index (χ2n) is 6.87. The average molecular weight is 397 g/mol. The topological polar surface area (TPSA) is 71.1 Å². The standard InChI is InChI=1S/C22H27N3O4/c1-28-20-9-4-3-8-19(20)25-14-12-24(13-15-25)11-10-21(26)23-18-7-5-6-17(16-18)22(27)29-2/h3-9,16H,10-15H2,1-2H3,(H,23,26). The Morgan fingerprint density at radius 3 is 2.48 bits per heavy atom. The first-order chi connectivity index (χ1) is 14.1. The highest BCUT2D eigenvalue weighted by Crippen LogP contribution is 2.28. The number of carbonyl (C=O) groups is 2. The van der Waals surface area contributed by atoms with Crippen molar-refractivity contribution in [1.82, 2.24) is 4.90 Å². The van der Waals surface area contributed by atoms with Gasteiger partial charge in [-0.25, -0.2) is 4.79 Å². The molecule has 0 unspecified atom stereocenters. The van der Waals surface area contributed by atoms with Crippen molar-refractivity contribution in [3.8, 4) is 5.75 Å². The summed E-state index contributed by atoms with van der Waals surface area (Å²) >= 11 is 0. The van der Waals surface area contributed by atoms with E-state index in [0.29, 0.717) is 24.2 Å². The van der Waals surface area contributed by atoms with Gasteiger partial charge in [0.2, 0.25) is 5.91 Å². The number of amides is 1. The van der Waals surface area contributed by atoms with Crippen LogP contribution in [0.4, 0.5) is 11.4 Å². The molecular weight excluding hydrogens is 370 g/mol. The Hall–Kier alpha value is -3.06. The number of carbonyl (C=O) groups excluding carboxylic acids is 2. The van der Waals surface area contributed by atoms with Crippen molar-refractivity contribution >= 4 is 23.3 Å². The van der Waals surface area contributed by atoms with Gasteiger partial charge in [0.15, 0.2) is 0 Å². The van der Waals surface area contributed by atoms with Crippen LogP contribution in [0, 0.1) is 0 Å². The van der Waals surface area contributed by atoms with E-state index in [-0.39, 0.29) is 5.91 Å². The first kappa shape index (κ1) is 20.7. The molecule has 0 bridgehead atoms. The van der Waals surface area contributed by atoms with Crippen molar-refractivity contribution in [2.24, 2.45) is 0 Å². The third kappa shape index (κ3) is 5.48. The quantitative estimate of drug-likeness (QED) is 0.725. The van der Waals surface area contributed by atoms with Crippen LogP contribution in [0.2, 0.25) is 0 Å². The lowest BCUT2D eigenvalue weighted by atomic mass is 10.2. The number of ether oxygens (including phenoxy) is 2. The van der Waals surface area contributed by atoms with Crippen LogP contribution in [0.3, 0.4) is 0 Å². The summed E-state index contributed by atoms with van der Waals surface area (Å²) in [6.45, 7) is 4.26. The van der Waals surface area contributed by atoms with Crippen LogP contribution >= 0.6 is 0 Å². The fraction of sp³-hybridized carbons (Fsp3) is 0.364. The summed E-state index contributed by atoms with van der Waals surface area (Å²) in [4.78, 5) is 28.5. The van der Waals surface area contributed by atoms with Gasteiger partial charge in [-0.2, -0.15) is 0 Å². The van der Waals surface area contributed by atoms with E-state index in [1.807, 2.05) is 18.2 Å². The number of anilines is 2. The Morgan fingerprint density at radius 2 is 1.76 bits per heavy atom. The van der Waals surface area contributed by atoms with Gasteiger partial charge < -0.3 is 19.7 Å². The third-order valence-corrected chi connectivity index (χ3v) is 5.02. The van der Waals surface area contributed by atoms with E-state index in [2.05, 4.69) is 21.2 Å². The van der Waals surface area contributed by atoms with Gasteiger partial charge in [-0.05, 0) is 30.3 Å². The summed E-state index contributed by atoms with van der Waals surface area (Å²) in [7, 11) is 3.02. The molecule has 3 rings (SSSR count). The number of esters is 1. The largest absolute Gasteiger partial charge is 0.495 e. The van der Waals surface area contributed by atoms with Crippen LogP contribution in [0.15, 0.2) is 48.5 Å². The van der Waals surface area contributed by atoms with Crippen molar-refractivity contribution in [3.05, 3.63) is 54.1 Å². The van der Waals surface area contributed by atoms with E-state index >= 15 is 0 Å². The molecule has 1 amide bonds. The number of methoxy groups -OCH3 is 2. The second kappa shape index (κ2) is 9.93. The molecule has 0 radical (unpaired) electrons. The maximum absolute atomic E-state index is 12.3. The predicted molar refractivity (Wildman–Crippen MR) is 113 cm³/mol. The minimum atomic E-state index is -0.422. The van der Waals surface area contributed by atoms with E-state index in [1.165, 1.54) is 7.11 Å². The molecule has 0 saturated carbocycles. The van der Waals surface area contributed by atoms with Crippen LogP contribution in [0.5, 0.6) is 5.75 Å². The fourth-order valence-corrected chi connectivity index (χ4v) is 3.43. The van der Waals surface area contributed by atoms with E-state index in [0.717, 1.165) is 37.6 Å². The van der Waals surface area contributed by atoms with Gasteiger partial charge in [-0.1, -0.05) is 18.2 Å². The van der Waals surface area contributed by atoms with Crippen molar-refractivity contribution in [2.75, 3.05) is 57.2 Å². The highest BCUT2D eigenvalue weighted by Gasteiger charge is 2.20. The molecule has 1 aliphatic heterocycles. The minimum Gasteiger partial charge on any atom is -0.495 e. The molecule has 29 heavy (non-hydrogen) atoms. The van der Waals surface area contributed by atoms with E-state index in [1.54, 1.807) is 31.4 Å². The third-order valence-electron chi connectivity index (χ3n) is 5.02. The Morgan fingerprint density at radius 1 is 1.00 bits per heavy atom. The smallest absolute Gasteiger partial charge is 0.337 e. The molecule has 2 aromatic rings. The monoisotopic (exact) mass is 397 g/mol. The zero-order valence-corrected chi connectivity index (χ0v) is 16.9. The number of benzene rings is 2. The predicted octanol–water partition coefficient (Wildman–Crippen LogP) is 2.63. The van der Waals surface area contributed by atoms with Crippen LogP contribution < -0.4 is 15.0 Å². The number of hydrogen-bond donors (Lipinski definition) is 1. The normalized spacial score (nSPS) is 14.3.